The summed E-state index contributed by atoms with van der Waals surface area (Å²) in [6.45, 7) is -0.338. The minimum absolute atomic E-state index is 0.150. The zero-order valence-corrected chi connectivity index (χ0v) is 18.7. The molecule has 0 bridgehead atoms. The summed E-state index contributed by atoms with van der Waals surface area (Å²) in [6, 6.07) is 10.3. The molecule has 1 aliphatic rings. The van der Waals surface area contributed by atoms with E-state index in [-0.39, 0.29) is 10.9 Å². The number of benzene rings is 2. The van der Waals surface area contributed by atoms with E-state index in [4.69, 9.17) is 50.0 Å². The van der Waals surface area contributed by atoms with Gasteiger partial charge in [-0.1, -0.05) is 65.4 Å². The Labute approximate surface area is 192 Å². The van der Waals surface area contributed by atoms with Crippen LogP contribution in [-0.4, -0.2) is 39.9 Å². The predicted octanol–water partition coefficient (Wildman–Crippen LogP) is 4.87. The molecule has 0 saturated carbocycles. The Bertz CT molecular complexity index is 1060. The van der Waals surface area contributed by atoms with Gasteiger partial charge in [-0.25, -0.2) is 0 Å². The van der Waals surface area contributed by atoms with Crippen molar-refractivity contribution in [3.8, 4) is 11.5 Å². The number of halogens is 2. The van der Waals surface area contributed by atoms with Gasteiger partial charge in [0.1, 0.15) is 17.5 Å². The average molecular weight is 484 g/mol. The fraction of sp³-hybridized carbons (Fsp3) is 0.150. The maximum atomic E-state index is 12.6. The molecule has 1 amide bonds. The molecule has 0 spiro atoms. The second-order valence-corrected chi connectivity index (χ2v) is 8.58. The Morgan fingerprint density at radius 2 is 2.07 bits per heavy atom. The summed E-state index contributed by atoms with van der Waals surface area (Å²) in [5.41, 5.74) is 1.31. The Kier molecular flexibility index (Phi) is 7.25. The Hall–Kier alpha value is -2.26. The van der Waals surface area contributed by atoms with Gasteiger partial charge < -0.3 is 14.6 Å². The maximum Gasteiger partial charge on any atom is 0.323 e. The Morgan fingerprint density at radius 1 is 1.30 bits per heavy atom. The van der Waals surface area contributed by atoms with E-state index in [0.29, 0.717) is 32.0 Å². The van der Waals surface area contributed by atoms with Gasteiger partial charge in [0.15, 0.2) is 11.5 Å². The van der Waals surface area contributed by atoms with Gasteiger partial charge in [-0.15, -0.1) is 0 Å². The third kappa shape index (κ3) is 5.07. The van der Waals surface area contributed by atoms with E-state index < -0.39 is 18.4 Å². The molecular formula is C20H15Cl2NO5S2. The molecule has 0 radical (unpaired) electrons. The van der Waals surface area contributed by atoms with E-state index in [1.807, 2.05) is 0 Å². The number of thioether (sulfide) groups is 1. The zero-order valence-electron chi connectivity index (χ0n) is 15.6. The Balaban J connectivity index is 1.90. The first-order valence-corrected chi connectivity index (χ1v) is 10.5. The van der Waals surface area contributed by atoms with Crippen LogP contribution in [0.1, 0.15) is 11.1 Å². The molecular weight excluding hydrogens is 469 g/mol. The number of methoxy groups -OCH3 is 1. The van der Waals surface area contributed by atoms with Crippen molar-refractivity contribution in [3.05, 3.63) is 62.5 Å². The third-order valence-corrected chi connectivity index (χ3v) is 6.03. The van der Waals surface area contributed by atoms with E-state index in [1.54, 1.807) is 42.5 Å². The molecule has 1 saturated heterocycles. The highest BCUT2D eigenvalue weighted by Crippen LogP contribution is 2.38. The van der Waals surface area contributed by atoms with E-state index in [1.165, 1.54) is 7.11 Å². The molecule has 10 heteroatoms. The lowest BCUT2D eigenvalue weighted by atomic mass is 10.1. The summed E-state index contributed by atoms with van der Waals surface area (Å²) in [5, 5.41) is 9.96. The number of ether oxygens (including phenoxy) is 2. The Morgan fingerprint density at radius 3 is 2.73 bits per heavy atom. The smallest absolute Gasteiger partial charge is 0.323 e. The number of hydrogen-bond donors (Lipinski definition) is 1. The monoisotopic (exact) mass is 483 g/mol. The number of thiocarbonyl (C=S) groups is 1. The predicted molar refractivity (Wildman–Crippen MR) is 121 cm³/mol. The van der Waals surface area contributed by atoms with Crippen molar-refractivity contribution in [2.75, 3.05) is 13.7 Å². The van der Waals surface area contributed by atoms with Gasteiger partial charge in [0.2, 0.25) is 0 Å². The lowest BCUT2D eigenvalue weighted by molar-refractivity contribution is -0.140. The SMILES string of the molecule is COc1cccc(/C=C2/SC(=S)N(CC(=O)O)C2=O)c1OCc1ccc(Cl)cc1Cl. The lowest BCUT2D eigenvalue weighted by Crippen LogP contribution is -2.33. The molecule has 0 aromatic heterocycles. The number of aliphatic carboxylic acids is 1. The van der Waals surface area contributed by atoms with Crippen LogP contribution in [0.5, 0.6) is 11.5 Å². The van der Waals surface area contributed by atoms with Gasteiger partial charge >= 0.3 is 5.97 Å². The molecule has 2 aromatic carbocycles. The van der Waals surface area contributed by atoms with E-state index >= 15 is 0 Å². The molecule has 0 aliphatic carbocycles. The highest BCUT2D eigenvalue weighted by Gasteiger charge is 2.33. The number of carboxylic acid groups (broad SMARTS) is 1. The van der Waals surface area contributed by atoms with E-state index in [9.17, 15) is 9.59 Å². The molecule has 1 fully saturated rings. The van der Waals surface area contributed by atoms with Crippen LogP contribution >= 0.6 is 47.2 Å². The van der Waals surface area contributed by atoms with Gasteiger partial charge in [-0.05, 0) is 24.3 Å². The molecule has 0 atom stereocenters. The second kappa shape index (κ2) is 9.70. The molecule has 156 valence electrons. The molecule has 3 rings (SSSR count). The van der Waals surface area contributed by atoms with Crippen molar-refractivity contribution in [2.24, 2.45) is 0 Å². The van der Waals surface area contributed by atoms with Crippen molar-refractivity contribution < 1.29 is 24.2 Å². The molecule has 0 unspecified atom stereocenters. The topological polar surface area (TPSA) is 76.1 Å². The van der Waals surface area contributed by atoms with Gasteiger partial charge in [0.25, 0.3) is 5.91 Å². The summed E-state index contributed by atoms with van der Waals surface area (Å²) in [6.07, 6.45) is 1.60. The fourth-order valence-electron chi connectivity index (χ4n) is 2.66. The van der Waals surface area contributed by atoms with Crippen molar-refractivity contribution in [3.63, 3.8) is 0 Å². The number of para-hydroxylation sites is 1. The second-order valence-electron chi connectivity index (χ2n) is 6.06. The summed E-state index contributed by atoms with van der Waals surface area (Å²) >= 11 is 18.3. The minimum Gasteiger partial charge on any atom is -0.493 e. The van der Waals surface area contributed by atoms with Crippen molar-refractivity contribution in [1.82, 2.24) is 4.90 Å². The first-order chi connectivity index (χ1) is 14.3. The molecule has 6 nitrogen and oxygen atoms in total. The third-order valence-electron chi connectivity index (χ3n) is 4.07. The number of nitrogens with zero attached hydrogens (tertiary/aromatic N) is 1. The molecule has 1 aliphatic heterocycles. The molecule has 1 heterocycles. The highest BCUT2D eigenvalue weighted by atomic mass is 35.5. The number of hydrogen-bond acceptors (Lipinski definition) is 6. The van der Waals surface area contributed by atoms with Gasteiger partial charge in [-0.2, -0.15) is 0 Å². The molecule has 1 N–H and O–H groups in total. The minimum atomic E-state index is -1.14. The first kappa shape index (κ1) is 22.4. The van der Waals surface area contributed by atoms with Crippen molar-refractivity contribution in [1.29, 1.82) is 0 Å². The fourth-order valence-corrected chi connectivity index (χ4v) is 4.37. The number of rotatable bonds is 7. The average Bonchev–Trinajstić information content (AvgIpc) is 2.95. The van der Waals surface area contributed by atoms with Crippen LogP contribution in [0.25, 0.3) is 6.08 Å². The standard InChI is InChI=1S/C20H15Cl2NO5S2/c1-27-15-4-2-3-11(7-16-19(26)23(9-17(24)25)20(29)30-16)18(15)28-10-12-5-6-13(21)8-14(12)22/h2-8H,9-10H2,1H3,(H,24,25)/b16-7+. The van der Waals surface area contributed by atoms with Gasteiger partial charge in [0, 0.05) is 21.2 Å². The number of carbonyl (C=O) groups is 2. The normalized spacial score (nSPS) is 15.0. The lowest BCUT2D eigenvalue weighted by Gasteiger charge is -2.14. The largest absolute Gasteiger partial charge is 0.493 e. The number of amides is 1. The van der Waals surface area contributed by atoms with Crippen LogP contribution in [0.15, 0.2) is 41.3 Å². The summed E-state index contributed by atoms with van der Waals surface area (Å²) in [4.78, 5) is 24.9. The van der Waals surface area contributed by atoms with Gasteiger partial charge in [0.05, 0.1) is 12.0 Å². The number of carbonyl (C=O) groups excluding carboxylic acids is 1. The first-order valence-electron chi connectivity index (χ1n) is 8.51. The van der Waals surface area contributed by atoms with Crippen LogP contribution in [0.2, 0.25) is 10.0 Å². The van der Waals surface area contributed by atoms with Crippen LogP contribution < -0.4 is 9.47 Å². The molecule has 2 aromatic rings. The summed E-state index contributed by atoms with van der Waals surface area (Å²) in [7, 11) is 1.51. The summed E-state index contributed by atoms with van der Waals surface area (Å²) < 4.78 is 11.6. The van der Waals surface area contributed by atoms with Crippen LogP contribution in [0.3, 0.4) is 0 Å². The maximum absolute atomic E-state index is 12.6. The summed E-state index contributed by atoms with van der Waals surface area (Å²) in [5.74, 6) is -0.732. The quantitative estimate of drug-likeness (QED) is 0.444. The zero-order chi connectivity index (χ0) is 21.8. The van der Waals surface area contributed by atoms with Crippen molar-refractivity contribution >= 4 is 69.5 Å². The molecule has 30 heavy (non-hydrogen) atoms. The van der Waals surface area contributed by atoms with Crippen molar-refractivity contribution in [2.45, 2.75) is 6.61 Å². The van der Waals surface area contributed by atoms with Gasteiger partial charge in [-0.3, -0.25) is 14.5 Å². The number of carboxylic acids is 1. The van der Waals surface area contributed by atoms with Crippen LogP contribution in [-0.2, 0) is 16.2 Å². The van der Waals surface area contributed by atoms with Crippen LogP contribution in [0, 0.1) is 0 Å². The van der Waals surface area contributed by atoms with Crippen LogP contribution in [0.4, 0.5) is 0 Å². The highest BCUT2D eigenvalue weighted by molar-refractivity contribution is 8.26. The van der Waals surface area contributed by atoms with E-state index in [0.717, 1.165) is 22.2 Å². The van der Waals surface area contributed by atoms with E-state index in [2.05, 4.69) is 0 Å².